The number of unbranched alkanes of at least 4 members (excludes halogenated alkanes) is 50. The van der Waals surface area contributed by atoms with E-state index in [0.717, 1.165) is 32.1 Å². The molecule has 0 aliphatic heterocycles. The summed E-state index contributed by atoms with van der Waals surface area (Å²) in [6, 6.07) is -0.805. The van der Waals surface area contributed by atoms with Crippen molar-refractivity contribution >= 4 is 5.91 Å². The second-order valence-corrected chi connectivity index (χ2v) is 21.6. The van der Waals surface area contributed by atoms with Crippen LogP contribution in [0.15, 0.2) is 0 Å². The van der Waals surface area contributed by atoms with Gasteiger partial charge in [-0.15, -0.1) is 0 Å². The van der Waals surface area contributed by atoms with E-state index in [1.165, 1.54) is 302 Å². The zero-order valence-electron chi connectivity index (χ0n) is 45.4. The monoisotopic (exact) mass is 934 g/mol. The predicted molar refractivity (Wildman–Crippen MR) is 292 cm³/mol. The molecule has 3 atom stereocenters. The topological polar surface area (TPSA) is 89.8 Å². The van der Waals surface area contributed by atoms with Gasteiger partial charge in [-0.1, -0.05) is 341 Å². The first-order chi connectivity index (χ1) is 32.6. The molecule has 0 aliphatic rings. The standard InChI is InChI=1S/C61H123NO4/c1-3-5-7-9-11-13-15-17-19-21-23-25-27-28-29-30-31-32-33-34-36-38-40-42-44-46-48-50-52-54-56-60(65)62-58(57-63)61(66)59(64)55-53-51-49-47-45-43-41-39-37-35-26-24-22-20-18-16-14-12-10-8-6-4-2/h58-59,61,63-64,66H,3-57H2,1-2H3,(H,62,65). The van der Waals surface area contributed by atoms with Crippen molar-refractivity contribution in [2.75, 3.05) is 6.61 Å². The molecule has 0 saturated heterocycles. The number of rotatable bonds is 58. The number of amides is 1. The summed E-state index contributed by atoms with van der Waals surface area (Å²) in [6.45, 7) is 4.24. The highest BCUT2D eigenvalue weighted by Gasteiger charge is 2.26. The van der Waals surface area contributed by atoms with Gasteiger partial charge in [0.15, 0.2) is 0 Å². The zero-order valence-corrected chi connectivity index (χ0v) is 45.4. The van der Waals surface area contributed by atoms with Crippen molar-refractivity contribution in [3.8, 4) is 0 Å². The molecular weight excluding hydrogens is 811 g/mol. The van der Waals surface area contributed by atoms with E-state index in [1.54, 1.807) is 0 Å². The molecule has 0 aromatic carbocycles. The lowest BCUT2D eigenvalue weighted by Gasteiger charge is -2.26. The second kappa shape index (κ2) is 56.9. The van der Waals surface area contributed by atoms with E-state index in [1.807, 2.05) is 0 Å². The molecule has 66 heavy (non-hydrogen) atoms. The van der Waals surface area contributed by atoms with Gasteiger partial charge in [-0.05, 0) is 12.8 Å². The van der Waals surface area contributed by atoms with Crippen LogP contribution in [0.2, 0.25) is 0 Å². The minimum atomic E-state index is -1.13. The fraction of sp³-hybridized carbons (Fsp3) is 0.984. The molecule has 0 bridgehead atoms. The van der Waals surface area contributed by atoms with Gasteiger partial charge in [-0.25, -0.2) is 0 Å². The molecule has 0 spiro atoms. The highest BCUT2D eigenvalue weighted by Crippen LogP contribution is 2.19. The number of carbonyl (C=O) groups excluding carboxylic acids is 1. The Morgan fingerprint density at radius 2 is 0.515 bits per heavy atom. The summed E-state index contributed by atoms with van der Waals surface area (Å²) in [5, 5.41) is 33.9. The van der Waals surface area contributed by atoms with E-state index in [2.05, 4.69) is 19.2 Å². The predicted octanol–water partition coefficient (Wildman–Crippen LogP) is 19.3. The molecular formula is C61H123NO4. The first kappa shape index (κ1) is 65.3. The largest absolute Gasteiger partial charge is 0.394 e. The lowest BCUT2D eigenvalue weighted by Crippen LogP contribution is -2.50. The Morgan fingerprint density at radius 3 is 0.727 bits per heavy atom. The maximum Gasteiger partial charge on any atom is 0.220 e. The van der Waals surface area contributed by atoms with Crippen molar-refractivity contribution in [1.29, 1.82) is 0 Å². The van der Waals surface area contributed by atoms with Crippen LogP contribution < -0.4 is 5.32 Å². The molecule has 3 unspecified atom stereocenters. The summed E-state index contributed by atoms with van der Waals surface area (Å²) in [6.07, 6.45) is 70.0. The summed E-state index contributed by atoms with van der Waals surface area (Å²) in [7, 11) is 0. The number of nitrogens with one attached hydrogen (secondary N) is 1. The first-order valence-electron chi connectivity index (χ1n) is 30.8. The van der Waals surface area contributed by atoms with Gasteiger partial charge in [0.25, 0.3) is 0 Å². The lowest BCUT2D eigenvalue weighted by atomic mass is 9.99. The normalized spacial score (nSPS) is 13.1. The molecule has 5 nitrogen and oxygen atoms in total. The van der Waals surface area contributed by atoms with E-state index in [4.69, 9.17) is 0 Å². The van der Waals surface area contributed by atoms with Crippen molar-refractivity contribution in [3.05, 3.63) is 0 Å². The molecule has 4 N–H and O–H groups in total. The van der Waals surface area contributed by atoms with E-state index in [0.29, 0.717) is 12.8 Å². The average Bonchev–Trinajstić information content (AvgIpc) is 3.32. The molecule has 0 heterocycles. The number of hydrogen-bond acceptors (Lipinski definition) is 4. The fourth-order valence-electron chi connectivity index (χ4n) is 10.2. The van der Waals surface area contributed by atoms with Crippen LogP contribution >= 0.6 is 0 Å². The molecule has 396 valence electrons. The van der Waals surface area contributed by atoms with Gasteiger partial charge in [0.1, 0.15) is 6.10 Å². The van der Waals surface area contributed by atoms with Crippen molar-refractivity contribution < 1.29 is 20.1 Å². The number of aliphatic hydroxyl groups excluding tert-OH is 3. The first-order valence-corrected chi connectivity index (χ1v) is 30.8. The minimum Gasteiger partial charge on any atom is -0.394 e. The van der Waals surface area contributed by atoms with Gasteiger partial charge in [-0.3, -0.25) is 4.79 Å². The van der Waals surface area contributed by atoms with Crippen LogP contribution in [-0.4, -0.2) is 46.1 Å². The molecule has 0 aliphatic carbocycles. The third-order valence-electron chi connectivity index (χ3n) is 15.0. The van der Waals surface area contributed by atoms with Crippen molar-refractivity contribution in [1.82, 2.24) is 5.32 Å². The maximum absolute atomic E-state index is 12.5. The van der Waals surface area contributed by atoms with E-state index in [-0.39, 0.29) is 12.5 Å². The smallest absolute Gasteiger partial charge is 0.220 e. The van der Waals surface area contributed by atoms with Crippen LogP contribution in [0, 0.1) is 0 Å². The van der Waals surface area contributed by atoms with Crippen LogP contribution in [0.1, 0.15) is 361 Å². The molecule has 0 fully saturated rings. The van der Waals surface area contributed by atoms with E-state index >= 15 is 0 Å². The highest BCUT2D eigenvalue weighted by atomic mass is 16.3. The average molecular weight is 935 g/mol. The van der Waals surface area contributed by atoms with Crippen LogP contribution in [0.4, 0.5) is 0 Å². The zero-order chi connectivity index (χ0) is 47.9. The van der Waals surface area contributed by atoms with Crippen LogP contribution in [-0.2, 0) is 4.79 Å². The van der Waals surface area contributed by atoms with Crippen molar-refractivity contribution in [2.24, 2.45) is 0 Å². The van der Waals surface area contributed by atoms with E-state index < -0.39 is 18.2 Å². The van der Waals surface area contributed by atoms with Crippen molar-refractivity contribution in [3.63, 3.8) is 0 Å². The molecule has 0 radical (unpaired) electrons. The number of aliphatic hydroxyl groups is 3. The van der Waals surface area contributed by atoms with Crippen molar-refractivity contribution in [2.45, 2.75) is 379 Å². The Bertz CT molecular complexity index is 898. The van der Waals surface area contributed by atoms with Crippen LogP contribution in [0.5, 0.6) is 0 Å². The fourth-order valence-corrected chi connectivity index (χ4v) is 10.2. The van der Waals surface area contributed by atoms with Gasteiger partial charge in [-0.2, -0.15) is 0 Å². The molecule has 0 rings (SSSR count). The summed E-state index contributed by atoms with van der Waals surface area (Å²) in [5.41, 5.74) is 0. The molecule has 5 heteroatoms. The molecule has 0 aromatic rings. The Labute approximate surface area is 415 Å². The summed E-state index contributed by atoms with van der Waals surface area (Å²) in [5.74, 6) is -0.134. The quantitative estimate of drug-likeness (QED) is 0.0458. The SMILES string of the molecule is CCCCCCCCCCCCCCCCCCCCCCCCCCCCCCCCC(=O)NC(CO)C(O)C(O)CCCCCCCCCCCCCCCCCCCCCCCC. The van der Waals surface area contributed by atoms with Gasteiger partial charge in [0.2, 0.25) is 5.91 Å². The molecule has 1 amide bonds. The summed E-state index contributed by atoms with van der Waals surface area (Å²) in [4.78, 5) is 12.5. The Kier molecular flexibility index (Phi) is 56.4. The molecule has 0 saturated carbocycles. The summed E-state index contributed by atoms with van der Waals surface area (Å²) < 4.78 is 0. The highest BCUT2D eigenvalue weighted by molar-refractivity contribution is 5.76. The maximum atomic E-state index is 12.5. The van der Waals surface area contributed by atoms with Gasteiger partial charge < -0.3 is 20.6 Å². The number of hydrogen-bond donors (Lipinski definition) is 4. The third-order valence-corrected chi connectivity index (χ3v) is 15.0. The summed E-state index contributed by atoms with van der Waals surface area (Å²) >= 11 is 0. The van der Waals surface area contributed by atoms with Gasteiger partial charge >= 0.3 is 0 Å². The molecule has 0 aromatic heterocycles. The van der Waals surface area contributed by atoms with Crippen LogP contribution in [0.3, 0.4) is 0 Å². The lowest BCUT2D eigenvalue weighted by molar-refractivity contribution is -0.124. The second-order valence-electron chi connectivity index (χ2n) is 21.6. The third kappa shape index (κ3) is 51.2. The number of carbonyl (C=O) groups is 1. The van der Waals surface area contributed by atoms with Crippen LogP contribution in [0.25, 0.3) is 0 Å². The van der Waals surface area contributed by atoms with Gasteiger partial charge in [0.05, 0.1) is 18.8 Å². The Balaban J connectivity index is 3.45. The Hall–Kier alpha value is -0.650. The van der Waals surface area contributed by atoms with E-state index in [9.17, 15) is 20.1 Å². The Morgan fingerprint density at radius 1 is 0.318 bits per heavy atom. The minimum absolute atomic E-state index is 0.134. The van der Waals surface area contributed by atoms with Gasteiger partial charge in [0, 0.05) is 6.42 Å².